The van der Waals surface area contributed by atoms with Gasteiger partial charge in [-0.1, -0.05) is 31.2 Å². The highest BCUT2D eigenvalue weighted by Crippen LogP contribution is 2.23. The average Bonchev–Trinajstić information content (AvgIpc) is 2.39. The molecule has 4 heteroatoms. The number of hydrogen-bond acceptors (Lipinski definition) is 3. The normalized spacial score (nSPS) is 15.0. The van der Waals surface area contributed by atoms with Gasteiger partial charge < -0.3 is 5.11 Å². The summed E-state index contributed by atoms with van der Waals surface area (Å²) in [6.07, 6.45) is 2.47. The van der Waals surface area contributed by atoms with Crippen molar-refractivity contribution in [2.75, 3.05) is 6.61 Å². The molecule has 100 valence electrons. The minimum absolute atomic E-state index is 0.00203. The summed E-state index contributed by atoms with van der Waals surface area (Å²) in [4.78, 5) is 0.335. The first-order valence-corrected chi connectivity index (χ1v) is 7.57. The van der Waals surface area contributed by atoms with Crippen LogP contribution in [0.1, 0.15) is 19.8 Å². The molecule has 2 unspecified atom stereocenters. The van der Waals surface area contributed by atoms with Gasteiger partial charge >= 0.3 is 0 Å². The number of aliphatic hydroxyl groups excluding tert-OH is 1. The Morgan fingerprint density at radius 3 is 2.44 bits per heavy atom. The molecule has 0 saturated carbocycles. The molecule has 1 aromatic rings. The highest BCUT2D eigenvalue weighted by Gasteiger charge is 2.27. The summed E-state index contributed by atoms with van der Waals surface area (Å²) in [6.45, 7) is 5.46. The van der Waals surface area contributed by atoms with Crippen molar-refractivity contribution in [1.29, 1.82) is 0 Å². The second-order valence-corrected chi connectivity index (χ2v) is 6.76. The smallest absolute Gasteiger partial charge is 0.181 e. The van der Waals surface area contributed by atoms with Gasteiger partial charge in [0.2, 0.25) is 0 Å². The molecule has 0 spiro atoms. The Kier molecular flexibility index (Phi) is 5.56. The maximum atomic E-state index is 12.4. The summed E-state index contributed by atoms with van der Waals surface area (Å²) >= 11 is 0. The van der Waals surface area contributed by atoms with E-state index in [1.807, 2.05) is 6.92 Å². The summed E-state index contributed by atoms with van der Waals surface area (Å²) in [5, 5.41) is 8.55. The van der Waals surface area contributed by atoms with Crippen LogP contribution in [0.2, 0.25) is 0 Å². The van der Waals surface area contributed by atoms with E-state index >= 15 is 0 Å². The molecule has 0 amide bonds. The van der Waals surface area contributed by atoms with E-state index in [1.54, 1.807) is 36.4 Å². The molecule has 0 aliphatic rings. The lowest BCUT2D eigenvalue weighted by molar-refractivity contribution is 0.229. The summed E-state index contributed by atoms with van der Waals surface area (Å²) in [7, 11) is -3.35. The van der Waals surface area contributed by atoms with Crippen LogP contribution in [0.15, 0.2) is 47.9 Å². The van der Waals surface area contributed by atoms with Crippen LogP contribution in [0.5, 0.6) is 0 Å². The molecule has 1 N–H and O–H groups in total. The fraction of sp³-hybridized carbons (Fsp3) is 0.429. The van der Waals surface area contributed by atoms with Crippen LogP contribution < -0.4 is 0 Å². The lowest BCUT2D eigenvalue weighted by Crippen LogP contribution is -2.24. The Hall–Kier alpha value is -1.13. The van der Waals surface area contributed by atoms with E-state index in [1.165, 1.54) is 0 Å². The largest absolute Gasteiger partial charge is 0.396 e. The zero-order valence-corrected chi connectivity index (χ0v) is 11.4. The van der Waals surface area contributed by atoms with Gasteiger partial charge in [0.25, 0.3) is 0 Å². The minimum Gasteiger partial charge on any atom is -0.396 e. The number of aliphatic hydroxyl groups is 1. The van der Waals surface area contributed by atoms with Crippen LogP contribution >= 0.6 is 0 Å². The number of benzene rings is 1. The van der Waals surface area contributed by atoms with Gasteiger partial charge in [-0.3, -0.25) is 0 Å². The molecular weight excluding hydrogens is 248 g/mol. The Bertz CT molecular complexity index is 465. The van der Waals surface area contributed by atoms with Crippen LogP contribution in [0, 0.1) is 5.92 Å². The quantitative estimate of drug-likeness (QED) is 0.773. The number of rotatable bonds is 7. The van der Waals surface area contributed by atoms with E-state index in [4.69, 9.17) is 5.11 Å². The number of hydrogen-bond donors (Lipinski definition) is 1. The van der Waals surface area contributed by atoms with Crippen LogP contribution in [0.4, 0.5) is 0 Å². The van der Waals surface area contributed by atoms with Crippen molar-refractivity contribution in [2.24, 2.45) is 5.92 Å². The van der Waals surface area contributed by atoms with E-state index in [0.29, 0.717) is 17.7 Å². The van der Waals surface area contributed by atoms with Crippen LogP contribution in [-0.4, -0.2) is 25.4 Å². The molecule has 3 nitrogen and oxygen atoms in total. The molecule has 1 rings (SSSR count). The van der Waals surface area contributed by atoms with E-state index in [9.17, 15) is 8.42 Å². The van der Waals surface area contributed by atoms with Crippen LogP contribution in [0.3, 0.4) is 0 Å². The first-order chi connectivity index (χ1) is 8.52. The zero-order valence-electron chi connectivity index (χ0n) is 10.6. The molecular formula is C14H20O3S. The van der Waals surface area contributed by atoms with Crippen LogP contribution in [-0.2, 0) is 9.84 Å². The van der Waals surface area contributed by atoms with E-state index in [0.717, 1.165) is 0 Å². The maximum absolute atomic E-state index is 12.4. The minimum atomic E-state index is -3.35. The molecule has 0 aliphatic heterocycles. The van der Waals surface area contributed by atoms with Crippen molar-refractivity contribution in [1.82, 2.24) is 0 Å². The number of sulfone groups is 1. The second kappa shape index (κ2) is 6.71. The zero-order chi connectivity index (χ0) is 13.6. The Morgan fingerprint density at radius 1 is 1.33 bits per heavy atom. The second-order valence-electron chi connectivity index (χ2n) is 4.53. The van der Waals surface area contributed by atoms with Crippen molar-refractivity contribution in [2.45, 2.75) is 29.9 Å². The molecule has 0 saturated heterocycles. The Morgan fingerprint density at radius 2 is 1.94 bits per heavy atom. The fourth-order valence-electron chi connectivity index (χ4n) is 1.86. The van der Waals surface area contributed by atoms with E-state index in [2.05, 4.69) is 6.58 Å². The molecule has 0 bridgehead atoms. The highest BCUT2D eigenvalue weighted by molar-refractivity contribution is 7.92. The summed E-state index contributed by atoms with van der Waals surface area (Å²) in [5.74, 6) is -0.0339. The van der Waals surface area contributed by atoms with Crippen molar-refractivity contribution in [3.05, 3.63) is 43.0 Å². The molecule has 2 atom stereocenters. The monoisotopic (exact) mass is 268 g/mol. The van der Waals surface area contributed by atoms with E-state index < -0.39 is 15.1 Å². The highest BCUT2D eigenvalue weighted by atomic mass is 32.2. The lowest BCUT2D eigenvalue weighted by atomic mass is 10.1. The SMILES string of the molecule is C=CCC(CC(C)CO)S(=O)(=O)c1ccccc1. The topological polar surface area (TPSA) is 54.4 Å². The molecule has 0 heterocycles. The van der Waals surface area contributed by atoms with Crippen molar-refractivity contribution in [3.8, 4) is 0 Å². The van der Waals surface area contributed by atoms with Crippen molar-refractivity contribution < 1.29 is 13.5 Å². The third-order valence-electron chi connectivity index (χ3n) is 2.92. The molecule has 0 aromatic heterocycles. The summed E-state index contributed by atoms with van der Waals surface area (Å²) < 4.78 is 24.9. The molecule has 0 fully saturated rings. The number of allylic oxidation sites excluding steroid dienone is 1. The van der Waals surface area contributed by atoms with Gasteiger partial charge in [-0.25, -0.2) is 8.42 Å². The maximum Gasteiger partial charge on any atom is 0.181 e. The molecule has 0 radical (unpaired) electrons. The Labute approximate surface area is 109 Å². The third-order valence-corrected chi connectivity index (χ3v) is 5.11. The summed E-state index contributed by atoms with van der Waals surface area (Å²) in [6, 6.07) is 8.43. The molecule has 18 heavy (non-hydrogen) atoms. The van der Waals surface area contributed by atoms with E-state index in [-0.39, 0.29) is 12.5 Å². The first-order valence-electron chi connectivity index (χ1n) is 6.03. The van der Waals surface area contributed by atoms with Gasteiger partial charge in [-0.15, -0.1) is 6.58 Å². The van der Waals surface area contributed by atoms with Gasteiger partial charge in [0, 0.05) is 6.61 Å². The molecule has 1 aromatic carbocycles. The predicted molar refractivity (Wildman–Crippen MR) is 73.1 cm³/mol. The molecule has 0 aliphatic carbocycles. The van der Waals surface area contributed by atoms with Crippen molar-refractivity contribution in [3.63, 3.8) is 0 Å². The van der Waals surface area contributed by atoms with Crippen molar-refractivity contribution >= 4 is 9.84 Å². The lowest BCUT2D eigenvalue weighted by Gasteiger charge is -2.19. The predicted octanol–water partition coefficient (Wildman–Crippen LogP) is 2.42. The fourth-order valence-corrected chi connectivity index (χ4v) is 3.75. The Balaban J connectivity index is 3.01. The van der Waals surface area contributed by atoms with Gasteiger partial charge in [-0.05, 0) is 30.9 Å². The van der Waals surface area contributed by atoms with Crippen LogP contribution in [0.25, 0.3) is 0 Å². The third kappa shape index (κ3) is 3.68. The van der Waals surface area contributed by atoms with Gasteiger partial charge in [0.05, 0.1) is 10.1 Å². The van der Waals surface area contributed by atoms with Gasteiger partial charge in [0.15, 0.2) is 9.84 Å². The first kappa shape index (κ1) is 14.9. The van der Waals surface area contributed by atoms with Gasteiger partial charge in [0.1, 0.15) is 0 Å². The average molecular weight is 268 g/mol. The summed E-state index contributed by atoms with van der Waals surface area (Å²) in [5.41, 5.74) is 0. The standard InChI is InChI=1S/C14H20O3S/c1-3-7-14(10-12(2)11-15)18(16,17)13-8-5-4-6-9-13/h3-6,8-9,12,14-15H,1,7,10-11H2,2H3. The van der Waals surface area contributed by atoms with Gasteiger partial charge in [-0.2, -0.15) is 0 Å².